The van der Waals surface area contributed by atoms with Crippen molar-refractivity contribution in [3.8, 4) is 10.6 Å². The van der Waals surface area contributed by atoms with E-state index in [2.05, 4.69) is 32.6 Å². The molecule has 2 heterocycles. The van der Waals surface area contributed by atoms with E-state index in [1.807, 2.05) is 55.5 Å². The minimum atomic E-state index is -0.194. The van der Waals surface area contributed by atoms with Crippen molar-refractivity contribution in [1.29, 1.82) is 0 Å². The molecule has 0 saturated heterocycles. The smallest absolute Gasteiger partial charge is 0.269 e. The lowest BCUT2D eigenvalue weighted by Gasteiger charge is -1.98. The number of carbonyl (C=O) groups excluding carboxylic acids is 1. The molecule has 134 valence electrons. The summed E-state index contributed by atoms with van der Waals surface area (Å²) in [6.45, 7) is 1.86. The summed E-state index contributed by atoms with van der Waals surface area (Å²) in [6, 6.07) is 19.9. The molecule has 0 saturated carbocycles. The Bertz CT molecular complexity index is 1060. The van der Waals surface area contributed by atoms with Crippen LogP contribution in [0.5, 0.6) is 0 Å². The molecular weight excluding hydrogens is 376 g/mol. The summed E-state index contributed by atoms with van der Waals surface area (Å²) in [7, 11) is 0. The molecule has 0 unspecified atom stereocenters. The summed E-state index contributed by atoms with van der Waals surface area (Å²) in [6.07, 6.45) is 0.719. The fraction of sp³-hybridized carbons (Fsp3) is 0.100. The van der Waals surface area contributed by atoms with Crippen LogP contribution in [0, 0.1) is 6.92 Å². The van der Waals surface area contributed by atoms with Crippen LogP contribution in [0.4, 0.5) is 5.13 Å². The van der Waals surface area contributed by atoms with Gasteiger partial charge >= 0.3 is 0 Å². The summed E-state index contributed by atoms with van der Waals surface area (Å²) in [4.78, 5) is 17.8. The Balaban J connectivity index is 1.48. The quantitative estimate of drug-likeness (QED) is 0.529. The molecule has 0 atom stereocenters. The molecule has 2 aromatic carbocycles. The molecule has 1 amide bonds. The summed E-state index contributed by atoms with van der Waals surface area (Å²) in [5.41, 5.74) is 2.89. The molecule has 27 heavy (non-hydrogen) atoms. The zero-order valence-corrected chi connectivity index (χ0v) is 16.2. The first kappa shape index (κ1) is 17.5. The fourth-order valence-corrected chi connectivity index (χ4v) is 4.37. The predicted molar refractivity (Wildman–Crippen MR) is 109 cm³/mol. The second-order valence-electron chi connectivity index (χ2n) is 5.92. The van der Waals surface area contributed by atoms with Crippen LogP contribution in [0.25, 0.3) is 10.6 Å². The van der Waals surface area contributed by atoms with Crippen LogP contribution in [0.3, 0.4) is 0 Å². The third-order valence-corrected chi connectivity index (χ3v) is 5.96. The first-order valence-electron chi connectivity index (χ1n) is 8.39. The Morgan fingerprint density at radius 2 is 1.67 bits per heavy atom. The molecule has 0 radical (unpaired) electrons. The van der Waals surface area contributed by atoms with Gasteiger partial charge in [0.05, 0.1) is 10.7 Å². The number of carbonyl (C=O) groups is 1. The first-order valence-corrected chi connectivity index (χ1v) is 10.0. The highest BCUT2D eigenvalue weighted by molar-refractivity contribution is 7.18. The van der Waals surface area contributed by atoms with Gasteiger partial charge in [-0.1, -0.05) is 72.0 Å². The lowest BCUT2D eigenvalue weighted by Crippen LogP contribution is -2.11. The largest absolute Gasteiger partial charge is 0.296 e. The highest BCUT2D eigenvalue weighted by atomic mass is 32.1. The number of aryl methyl sites for hydroxylation is 1. The Morgan fingerprint density at radius 1 is 0.963 bits per heavy atom. The van der Waals surface area contributed by atoms with E-state index in [4.69, 9.17) is 0 Å². The van der Waals surface area contributed by atoms with Crippen molar-refractivity contribution >= 4 is 33.7 Å². The molecule has 2 aromatic heterocycles. The molecular formula is C20H16N4OS2. The number of nitrogens with zero attached hydrogens (tertiary/aromatic N) is 3. The molecule has 0 spiro atoms. The van der Waals surface area contributed by atoms with Crippen molar-refractivity contribution in [2.45, 2.75) is 13.3 Å². The maximum atomic E-state index is 12.6. The van der Waals surface area contributed by atoms with Crippen LogP contribution < -0.4 is 5.32 Å². The first-order chi connectivity index (χ1) is 13.2. The van der Waals surface area contributed by atoms with Gasteiger partial charge in [0.1, 0.15) is 9.88 Å². The van der Waals surface area contributed by atoms with Gasteiger partial charge in [0.25, 0.3) is 5.91 Å². The summed E-state index contributed by atoms with van der Waals surface area (Å²) in [5.74, 6) is -0.194. The Morgan fingerprint density at radius 3 is 2.41 bits per heavy atom. The van der Waals surface area contributed by atoms with Crippen molar-refractivity contribution in [3.05, 3.63) is 81.8 Å². The summed E-state index contributed by atoms with van der Waals surface area (Å²) >= 11 is 2.77. The van der Waals surface area contributed by atoms with E-state index >= 15 is 0 Å². The van der Waals surface area contributed by atoms with Crippen molar-refractivity contribution in [2.24, 2.45) is 0 Å². The van der Waals surface area contributed by atoms with E-state index in [9.17, 15) is 4.79 Å². The van der Waals surface area contributed by atoms with Gasteiger partial charge < -0.3 is 0 Å². The minimum absolute atomic E-state index is 0.194. The van der Waals surface area contributed by atoms with Gasteiger partial charge in [-0.25, -0.2) is 4.98 Å². The van der Waals surface area contributed by atoms with Gasteiger partial charge in [-0.3, -0.25) is 10.1 Å². The second kappa shape index (κ2) is 7.77. The molecule has 4 rings (SSSR count). The lowest BCUT2D eigenvalue weighted by atomic mass is 10.2. The number of hydrogen-bond acceptors (Lipinski definition) is 6. The van der Waals surface area contributed by atoms with Crippen LogP contribution >= 0.6 is 22.7 Å². The molecule has 5 nitrogen and oxygen atoms in total. The number of aromatic nitrogens is 3. The molecule has 7 heteroatoms. The van der Waals surface area contributed by atoms with Crippen molar-refractivity contribution in [1.82, 2.24) is 15.2 Å². The predicted octanol–water partition coefficient (Wildman–Crippen LogP) is 4.81. The number of rotatable bonds is 5. The highest BCUT2D eigenvalue weighted by Gasteiger charge is 2.17. The Hall–Kier alpha value is -2.90. The van der Waals surface area contributed by atoms with Gasteiger partial charge in [0, 0.05) is 12.0 Å². The lowest BCUT2D eigenvalue weighted by molar-refractivity contribution is 0.102. The Kier molecular flexibility index (Phi) is 5.04. The van der Waals surface area contributed by atoms with Crippen LogP contribution in [-0.2, 0) is 6.42 Å². The number of amides is 1. The SMILES string of the molecule is Cc1nc(Cc2ccccc2)sc1C(=O)Nc1nnc(-c2ccccc2)s1. The highest BCUT2D eigenvalue weighted by Crippen LogP contribution is 2.27. The standard InChI is InChI=1S/C20H16N4OS2/c1-13-17(26-16(21-13)12-14-8-4-2-5-9-14)18(25)22-20-24-23-19(27-20)15-10-6-3-7-11-15/h2-11H,12H2,1H3,(H,22,24,25). The van der Waals surface area contributed by atoms with Crippen molar-refractivity contribution in [3.63, 3.8) is 0 Å². The molecule has 0 aliphatic rings. The van der Waals surface area contributed by atoms with Gasteiger partial charge in [-0.05, 0) is 12.5 Å². The topological polar surface area (TPSA) is 67.8 Å². The monoisotopic (exact) mass is 392 g/mol. The number of nitrogens with one attached hydrogen (secondary N) is 1. The third-order valence-electron chi connectivity index (χ3n) is 3.91. The number of thiazole rings is 1. The van der Waals surface area contributed by atoms with Gasteiger partial charge in [-0.15, -0.1) is 21.5 Å². The van der Waals surface area contributed by atoms with Crippen LogP contribution in [0.1, 0.15) is 25.9 Å². The minimum Gasteiger partial charge on any atom is -0.296 e. The average molecular weight is 393 g/mol. The zero-order chi connectivity index (χ0) is 18.6. The molecule has 0 aliphatic heterocycles. The van der Waals surface area contributed by atoms with Gasteiger partial charge in [0.15, 0.2) is 0 Å². The van der Waals surface area contributed by atoms with E-state index in [-0.39, 0.29) is 5.91 Å². The van der Waals surface area contributed by atoms with E-state index in [1.54, 1.807) is 0 Å². The normalized spacial score (nSPS) is 10.7. The van der Waals surface area contributed by atoms with Crippen LogP contribution in [0.2, 0.25) is 0 Å². The maximum Gasteiger partial charge on any atom is 0.269 e. The van der Waals surface area contributed by atoms with Gasteiger partial charge in [0.2, 0.25) is 5.13 Å². The number of benzene rings is 2. The molecule has 0 aliphatic carbocycles. The molecule has 0 bridgehead atoms. The molecule has 4 aromatic rings. The van der Waals surface area contributed by atoms with E-state index in [0.717, 1.165) is 27.7 Å². The van der Waals surface area contributed by atoms with E-state index in [0.29, 0.717) is 10.0 Å². The van der Waals surface area contributed by atoms with Crippen LogP contribution in [-0.4, -0.2) is 21.1 Å². The number of hydrogen-bond donors (Lipinski definition) is 1. The van der Waals surface area contributed by atoms with Crippen molar-refractivity contribution < 1.29 is 4.79 Å². The summed E-state index contributed by atoms with van der Waals surface area (Å²) < 4.78 is 0. The summed E-state index contributed by atoms with van der Waals surface area (Å²) in [5, 5.41) is 13.3. The second-order valence-corrected chi connectivity index (χ2v) is 7.98. The molecule has 0 fully saturated rings. The number of anilines is 1. The van der Waals surface area contributed by atoms with E-state index < -0.39 is 0 Å². The van der Waals surface area contributed by atoms with E-state index in [1.165, 1.54) is 28.2 Å². The van der Waals surface area contributed by atoms with Crippen LogP contribution in [0.15, 0.2) is 60.7 Å². The zero-order valence-electron chi connectivity index (χ0n) is 14.5. The maximum absolute atomic E-state index is 12.6. The average Bonchev–Trinajstić information content (AvgIpc) is 3.30. The van der Waals surface area contributed by atoms with Gasteiger partial charge in [-0.2, -0.15) is 0 Å². The van der Waals surface area contributed by atoms with Crippen molar-refractivity contribution in [2.75, 3.05) is 5.32 Å². The Labute approximate surface area is 164 Å². The molecule has 1 N–H and O–H groups in total. The fourth-order valence-electron chi connectivity index (χ4n) is 2.63. The third kappa shape index (κ3) is 4.10.